The zero-order valence-corrected chi connectivity index (χ0v) is 31.0. The first-order chi connectivity index (χ1) is 27.0. The molecule has 0 spiro atoms. The number of likely N-dealkylation sites (N-methyl/N-ethyl adjacent to an activating group) is 1. The lowest BCUT2D eigenvalue weighted by atomic mass is 9.94. The van der Waals surface area contributed by atoms with Gasteiger partial charge in [-0.3, -0.25) is 4.99 Å². The number of aryl methyl sites for hydroxylation is 1. The quantitative estimate of drug-likeness (QED) is 0.172. The third-order valence-electron chi connectivity index (χ3n) is 10.7. The number of hydrogen-bond donors (Lipinski definition) is 0. The highest BCUT2D eigenvalue weighted by Gasteiger charge is 2.15. The molecule has 55 heavy (non-hydrogen) atoms. The van der Waals surface area contributed by atoms with E-state index in [-0.39, 0.29) is 0 Å². The van der Waals surface area contributed by atoms with Crippen LogP contribution in [0.4, 0.5) is 0 Å². The van der Waals surface area contributed by atoms with Crippen molar-refractivity contribution in [1.82, 2.24) is 14.5 Å². The minimum atomic E-state index is 0.578. The summed E-state index contributed by atoms with van der Waals surface area (Å²) in [6.07, 6.45) is 6.37. The fourth-order valence-electron chi connectivity index (χ4n) is 7.56. The molecule has 0 aliphatic carbocycles. The summed E-state index contributed by atoms with van der Waals surface area (Å²) in [7, 11) is 4.12. The molecule has 8 aromatic rings. The van der Waals surface area contributed by atoms with Gasteiger partial charge in [-0.05, 0) is 79.6 Å². The molecule has 0 saturated heterocycles. The highest BCUT2D eigenvalue weighted by molar-refractivity contribution is 6.01. The van der Waals surface area contributed by atoms with Crippen LogP contribution in [-0.2, 0) is 7.05 Å². The minimum absolute atomic E-state index is 0.578. The number of fused-ring (bicyclic) bond motifs is 2. The van der Waals surface area contributed by atoms with Gasteiger partial charge in [0.2, 0.25) is 0 Å². The number of rotatable bonds is 6. The number of allylic oxidation sites excluding steroid dienone is 3. The van der Waals surface area contributed by atoms with Crippen LogP contribution >= 0.6 is 0 Å². The van der Waals surface area contributed by atoms with Crippen LogP contribution in [0.3, 0.4) is 0 Å². The zero-order chi connectivity index (χ0) is 37.3. The Balaban J connectivity index is 0.962. The monoisotopic (exact) mass is 708 g/mol. The Hall–Kier alpha value is -7.04. The van der Waals surface area contributed by atoms with E-state index in [1.165, 1.54) is 44.2 Å². The second-order valence-corrected chi connectivity index (χ2v) is 14.0. The van der Waals surface area contributed by atoms with Gasteiger partial charge in [-0.15, -0.1) is 0 Å². The van der Waals surface area contributed by atoms with E-state index in [2.05, 4.69) is 193 Å². The van der Waals surface area contributed by atoms with Crippen LogP contribution < -0.4 is 0 Å². The van der Waals surface area contributed by atoms with Gasteiger partial charge in [-0.25, -0.2) is 4.98 Å². The Labute approximate surface area is 322 Å². The summed E-state index contributed by atoms with van der Waals surface area (Å²) < 4.78 is 2.18. The van der Waals surface area contributed by atoms with Crippen molar-refractivity contribution in [3.8, 4) is 44.8 Å². The first-order valence-electron chi connectivity index (χ1n) is 18.7. The second-order valence-electron chi connectivity index (χ2n) is 14.0. The summed E-state index contributed by atoms with van der Waals surface area (Å²) in [5, 5.41) is 2.43. The molecule has 0 atom stereocenters. The summed E-state index contributed by atoms with van der Waals surface area (Å²) in [4.78, 5) is 12.1. The Kier molecular flexibility index (Phi) is 8.85. The van der Waals surface area contributed by atoms with Gasteiger partial charge < -0.3 is 9.47 Å². The Morgan fingerprint density at radius 1 is 0.527 bits per heavy atom. The molecule has 4 heteroatoms. The summed E-state index contributed by atoms with van der Waals surface area (Å²) in [6, 6.07) is 58.3. The number of amidine groups is 1. The largest absolute Gasteiger partial charge is 0.330 e. The van der Waals surface area contributed by atoms with Crippen LogP contribution in [0.1, 0.15) is 11.1 Å². The summed E-state index contributed by atoms with van der Waals surface area (Å²) in [5.74, 6) is 1.86. The Morgan fingerprint density at radius 3 is 1.91 bits per heavy atom. The van der Waals surface area contributed by atoms with Crippen molar-refractivity contribution in [2.75, 3.05) is 13.6 Å². The Bertz CT molecular complexity index is 2790. The van der Waals surface area contributed by atoms with Crippen LogP contribution in [0.25, 0.3) is 72.1 Å². The van der Waals surface area contributed by atoms with Crippen molar-refractivity contribution < 1.29 is 0 Å². The van der Waals surface area contributed by atoms with Gasteiger partial charge in [0.15, 0.2) is 0 Å². The molecule has 7 aromatic carbocycles. The molecule has 1 aromatic heterocycles. The van der Waals surface area contributed by atoms with Crippen molar-refractivity contribution >= 4 is 33.2 Å². The van der Waals surface area contributed by atoms with Crippen LogP contribution in [0.5, 0.6) is 0 Å². The van der Waals surface area contributed by atoms with Gasteiger partial charge in [-0.2, -0.15) is 0 Å². The van der Waals surface area contributed by atoms with Crippen LogP contribution in [-0.4, -0.2) is 33.9 Å². The third-order valence-corrected chi connectivity index (χ3v) is 10.7. The SMILES string of the molecule is C=C1/C=C\C(c2ccccc2)=C/CN=C(c2ccc(-c3ccc4c(-c5ccc(-c6nc7cc(-c8ccccc8)ccc7n6C)cc5)cccc4c3)cc2)N1C. The highest BCUT2D eigenvalue weighted by atomic mass is 15.2. The van der Waals surface area contributed by atoms with E-state index in [1.807, 2.05) is 19.2 Å². The molecule has 0 radical (unpaired) electrons. The lowest BCUT2D eigenvalue weighted by Gasteiger charge is -2.22. The van der Waals surface area contributed by atoms with E-state index in [0.29, 0.717) is 6.54 Å². The molecule has 0 unspecified atom stereocenters. The maximum absolute atomic E-state index is 5.07. The Morgan fingerprint density at radius 2 is 1.15 bits per heavy atom. The lowest BCUT2D eigenvalue weighted by molar-refractivity contribution is 0.649. The normalized spacial score (nSPS) is 14.9. The van der Waals surface area contributed by atoms with E-state index >= 15 is 0 Å². The lowest BCUT2D eigenvalue weighted by Crippen LogP contribution is -2.26. The number of imidazole rings is 1. The molecular formula is C51H40N4. The van der Waals surface area contributed by atoms with Gasteiger partial charge in [-0.1, -0.05) is 164 Å². The summed E-state index contributed by atoms with van der Waals surface area (Å²) >= 11 is 0. The molecule has 1 aliphatic rings. The maximum atomic E-state index is 5.07. The average Bonchev–Trinajstić information content (AvgIpc) is 3.61. The molecular weight excluding hydrogens is 669 g/mol. The first-order valence-corrected chi connectivity index (χ1v) is 18.7. The van der Waals surface area contributed by atoms with Gasteiger partial charge in [0, 0.05) is 30.9 Å². The number of aromatic nitrogens is 2. The molecule has 0 bridgehead atoms. The van der Waals surface area contributed by atoms with Crippen LogP contribution in [0.15, 0.2) is 199 Å². The topological polar surface area (TPSA) is 33.4 Å². The van der Waals surface area contributed by atoms with Gasteiger partial charge in [0.25, 0.3) is 0 Å². The minimum Gasteiger partial charge on any atom is -0.330 e. The average molecular weight is 709 g/mol. The molecule has 0 amide bonds. The van der Waals surface area contributed by atoms with Crippen LogP contribution in [0, 0.1) is 0 Å². The number of hydrogen-bond acceptors (Lipinski definition) is 3. The summed E-state index contributed by atoms with van der Waals surface area (Å²) in [6.45, 7) is 4.91. The van der Waals surface area contributed by atoms with Crippen molar-refractivity contribution in [2.24, 2.45) is 12.0 Å². The fourth-order valence-corrected chi connectivity index (χ4v) is 7.56. The smallest absolute Gasteiger partial charge is 0.140 e. The van der Waals surface area contributed by atoms with Gasteiger partial charge in [0.1, 0.15) is 11.7 Å². The molecule has 0 saturated carbocycles. The molecule has 1 aliphatic heterocycles. The molecule has 264 valence electrons. The number of nitrogens with zero attached hydrogens (tertiary/aromatic N) is 4. The third kappa shape index (κ3) is 6.60. The molecule has 9 rings (SSSR count). The van der Waals surface area contributed by atoms with Crippen molar-refractivity contribution in [2.45, 2.75) is 0 Å². The zero-order valence-electron chi connectivity index (χ0n) is 31.0. The van der Waals surface area contributed by atoms with E-state index in [0.717, 1.165) is 50.7 Å². The van der Waals surface area contributed by atoms with E-state index in [4.69, 9.17) is 9.98 Å². The summed E-state index contributed by atoms with van der Waals surface area (Å²) in [5.41, 5.74) is 14.6. The maximum Gasteiger partial charge on any atom is 0.140 e. The number of benzene rings is 7. The second kappa shape index (κ2) is 14.4. The molecule has 2 heterocycles. The van der Waals surface area contributed by atoms with Gasteiger partial charge in [0.05, 0.1) is 17.6 Å². The van der Waals surface area contributed by atoms with Crippen LogP contribution in [0.2, 0.25) is 0 Å². The molecule has 0 fully saturated rings. The van der Waals surface area contributed by atoms with Crippen molar-refractivity contribution in [1.29, 1.82) is 0 Å². The van der Waals surface area contributed by atoms with E-state index in [1.54, 1.807) is 0 Å². The number of aliphatic imine (C=N–C) groups is 1. The fraction of sp³-hybridized carbons (Fsp3) is 0.0588. The van der Waals surface area contributed by atoms with Gasteiger partial charge >= 0.3 is 0 Å². The van der Waals surface area contributed by atoms with E-state index in [9.17, 15) is 0 Å². The van der Waals surface area contributed by atoms with Crippen molar-refractivity contribution in [3.05, 3.63) is 205 Å². The predicted octanol–water partition coefficient (Wildman–Crippen LogP) is 12.2. The first kappa shape index (κ1) is 33.8. The van der Waals surface area contributed by atoms with Crippen molar-refractivity contribution in [3.63, 3.8) is 0 Å². The highest BCUT2D eigenvalue weighted by Crippen LogP contribution is 2.34. The predicted molar refractivity (Wildman–Crippen MR) is 232 cm³/mol. The standard InChI is InChI=1S/C51H40N4/c1-35-17-18-39(36-11-6-4-7-12-36)31-32-52-50(54(35)2)41-23-19-38(20-24-41)43-27-29-47-45(33-43)15-10-16-46(47)40-21-25-42(26-22-40)51-53-48-34-44(28-30-49(48)55(51)3)37-13-8-5-9-14-37/h4-31,33-34H,1,32H2,2-3H3/b18-17-,39-31+,52-50?. The molecule has 4 nitrogen and oxygen atoms in total. The van der Waals surface area contributed by atoms with E-state index < -0.39 is 0 Å². The molecule has 0 N–H and O–H groups in total.